The number of carbonyl (C=O) groups excluding carboxylic acids is 13. The molecule has 2 aromatic rings. The maximum atomic E-state index is 14.2. The number of thiol groups is 1. The summed E-state index contributed by atoms with van der Waals surface area (Å²) in [5.41, 5.74) is 17.4. The van der Waals surface area contributed by atoms with Crippen molar-refractivity contribution in [1.29, 1.82) is 5.41 Å². The van der Waals surface area contributed by atoms with Gasteiger partial charge in [-0.3, -0.25) is 67.7 Å². The van der Waals surface area contributed by atoms with Crippen LogP contribution in [0, 0.1) is 17.2 Å². The topological polar surface area (TPSA) is 520 Å². The second kappa shape index (κ2) is 36.9. The Balaban J connectivity index is 1.72. The van der Waals surface area contributed by atoms with Crippen LogP contribution in [0.25, 0.3) is 0 Å². The molecule has 1 unspecified atom stereocenters. The zero-order valence-electron chi connectivity index (χ0n) is 51.0. The van der Waals surface area contributed by atoms with E-state index in [0.717, 1.165) is 4.90 Å². The predicted molar refractivity (Wildman–Crippen MR) is 327 cm³/mol. The van der Waals surface area contributed by atoms with Gasteiger partial charge in [-0.15, -0.1) is 0 Å². The maximum absolute atomic E-state index is 14.2. The molecule has 0 aromatic heterocycles. The van der Waals surface area contributed by atoms with Crippen molar-refractivity contribution in [1.82, 2.24) is 63.4 Å². The van der Waals surface area contributed by atoms with Crippen molar-refractivity contribution in [2.75, 3.05) is 32.0 Å². The molecule has 0 aliphatic carbocycles. The maximum Gasteiger partial charge on any atom is 0.248 e. The van der Waals surface area contributed by atoms with E-state index < -0.39 is 168 Å². The van der Waals surface area contributed by atoms with Crippen molar-refractivity contribution in [3.05, 3.63) is 59.7 Å². The standard InChI is InChI=1S/C57H86N16O16S/c1-28(2)21-38(65-31(6)75)50(83)69-39(23-33-13-17-35(77)18-14-33)51(84)67-36(9-7-19-62-57(60)61)49(82)64-30(5)48(81)68-40(24-44(58)78)52(85)72-46(29(3)4)55(88)71-42(27-90)53(86)70-41(26-74)56(89)73-20-8-10-43(73)54(87)63-25-45(79)66-37(47(59)80)22-32-11-15-34(76)16-12-32/h11-18,28-30,36-43,46,74,76-77,90H,7-10,19-27H2,1-6H3,(H2,58,78)(H2,59,80)(H,63,87)(H,64,82)(H,65,75)(H,66,79)(H,67,84)(H,68,81)(H,69,83)(H,70,86)(H,71,88)(H,72,85)(H4,60,61,62)/t30-,36-,37-,38-,39-,40-,41-,42-,43-,46?/m0/s1. The van der Waals surface area contributed by atoms with Gasteiger partial charge in [0.1, 0.15) is 71.9 Å². The van der Waals surface area contributed by atoms with Crippen molar-refractivity contribution in [2.24, 2.45) is 29.0 Å². The first-order valence-electron chi connectivity index (χ1n) is 29.0. The van der Waals surface area contributed by atoms with Gasteiger partial charge in [0.05, 0.1) is 19.6 Å². The third-order valence-corrected chi connectivity index (χ3v) is 14.4. The number of phenolic OH excluding ortho intramolecular Hbond substituents is 2. The van der Waals surface area contributed by atoms with Crippen LogP contribution in [-0.2, 0) is 75.2 Å². The molecule has 32 nitrogen and oxygen atoms in total. The zero-order valence-corrected chi connectivity index (χ0v) is 51.9. The first-order chi connectivity index (χ1) is 42.3. The van der Waals surface area contributed by atoms with Gasteiger partial charge in [-0.2, -0.15) is 12.6 Å². The summed E-state index contributed by atoms with van der Waals surface area (Å²) in [6, 6.07) is -2.55. The zero-order chi connectivity index (χ0) is 67.5. The number of nitrogens with one attached hydrogen (secondary N) is 12. The molecule has 2 aromatic carbocycles. The first-order valence-corrected chi connectivity index (χ1v) is 29.7. The molecule has 3 rings (SSSR count). The molecule has 10 atom stereocenters. The number of carbonyl (C=O) groups is 13. The van der Waals surface area contributed by atoms with E-state index in [4.69, 9.17) is 22.6 Å². The van der Waals surface area contributed by atoms with E-state index in [1.165, 1.54) is 76.2 Å². The summed E-state index contributed by atoms with van der Waals surface area (Å²) in [5.74, 6) is -13.2. The number of amides is 13. The quantitative estimate of drug-likeness (QED) is 0.0131. The largest absolute Gasteiger partial charge is 0.508 e. The molecular weight excluding hydrogens is 1200 g/mol. The van der Waals surface area contributed by atoms with Crippen LogP contribution in [0.3, 0.4) is 0 Å². The number of hydrogen-bond acceptors (Lipinski definition) is 18. The average Bonchev–Trinajstić information content (AvgIpc) is 1.92. The molecule has 90 heavy (non-hydrogen) atoms. The molecule has 1 aliphatic heterocycles. The number of guanidine groups is 1. The van der Waals surface area contributed by atoms with Crippen LogP contribution in [0.5, 0.6) is 11.5 Å². The van der Waals surface area contributed by atoms with Crippen molar-refractivity contribution >= 4 is 95.4 Å². The number of primary amides is 2. The van der Waals surface area contributed by atoms with Crippen molar-refractivity contribution in [3.63, 3.8) is 0 Å². The van der Waals surface area contributed by atoms with E-state index in [-0.39, 0.29) is 75.0 Å². The first kappa shape index (κ1) is 75.0. The van der Waals surface area contributed by atoms with Crippen LogP contribution in [0.2, 0.25) is 0 Å². The molecule has 33 heteroatoms. The normalized spacial score (nSPS) is 15.7. The molecule has 0 bridgehead atoms. The summed E-state index contributed by atoms with van der Waals surface area (Å²) in [4.78, 5) is 175. The molecule has 0 saturated carbocycles. The van der Waals surface area contributed by atoms with Crippen molar-refractivity contribution in [2.45, 2.75) is 153 Å². The monoisotopic (exact) mass is 1280 g/mol. The number of nitrogens with zero attached hydrogens (tertiary/aromatic N) is 1. The molecular formula is C57H86N16O16S. The summed E-state index contributed by atoms with van der Waals surface area (Å²) >= 11 is 4.19. The minimum Gasteiger partial charge on any atom is -0.508 e. The van der Waals surface area contributed by atoms with Crippen LogP contribution in [0.15, 0.2) is 48.5 Å². The molecule has 1 aliphatic rings. The predicted octanol–water partition coefficient (Wildman–Crippen LogP) is -5.36. The Morgan fingerprint density at radius 2 is 1.12 bits per heavy atom. The SMILES string of the molecule is CC(=O)N[C@@H](CC(C)C)C(=O)N[C@@H](Cc1ccc(O)cc1)C(=O)N[C@@H](CCCNC(=N)N)C(=O)N[C@@H](C)C(=O)N[C@@H](CC(N)=O)C(=O)NC(C(=O)N[C@@H](CS)C(=O)N[C@@H](CO)C(=O)N1CCC[C@H]1C(=O)NCC(=O)N[C@@H](Cc1ccc(O)cc1)C(N)=O)C(C)C. The van der Waals surface area contributed by atoms with E-state index in [1.54, 1.807) is 0 Å². The van der Waals surface area contributed by atoms with Crippen LogP contribution in [-0.4, -0.2) is 195 Å². The summed E-state index contributed by atoms with van der Waals surface area (Å²) in [5, 5.41) is 64.5. The summed E-state index contributed by atoms with van der Waals surface area (Å²) in [6.45, 7) is 7.60. The molecule has 0 radical (unpaired) electrons. The van der Waals surface area contributed by atoms with Crippen LogP contribution >= 0.6 is 12.6 Å². The second-order valence-electron chi connectivity index (χ2n) is 22.3. The Hall–Kier alpha value is -9.27. The van der Waals surface area contributed by atoms with Gasteiger partial charge in [-0.05, 0) is 86.3 Å². The lowest BCUT2D eigenvalue weighted by Gasteiger charge is -2.29. The van der Waals surface area contributed by atoms with E-state index in [9.17, 15) is 77.6 Å². The molecule has 21 N–H and O–H groups in total. The Labute approximate surface area is 525 Å². The molecule has 1 saturated heterocycles. The number of benzene rings is 2. The molecule has 13 amide bonds. The lowest BCUT2D eigenvalue weighted by atomic mass is 10.0. The van der Waals surface area contributed by atoms with Gasteiger partial charge in [0.25, 0.3) is 0 Å². The number of likely N-dealkylation sites (tertiary alicyclic amines) is 1. The van der Waals surface area contributed by atoms with Crippen LogP contribution in [0.4, 0.5) is 0 Å². The van der Waals surface area contributed by atoms with Crippen LogP contribution in [0.1, 0.15) is 91.2 Å². The smallest absolute Gasteiger partial charge is 0.248 e. The van der Waals surface area contributed by atoms with Gasteiger partial charge in [-0.25, -0.2) is 0 Å². The number of aliphatic hydroxyl groups excluding tert-OH is 1. The van der Waals surface area contributed by atoms with Gasteiger partial charge in [0, 0.05) is 38.6 Å². The van der Waals surface area contributed by atoms with Gasteiger partial charge < -0.3 is 95.9 Å². The summed E-state index contributed by atoms with van der Waals surface area (Å²) in [6.07, 6.45) is -0.350. The van der Waals surface area contributed by atoms with Gasteiger partial charge in [0.2, 0.25) is 76.8 Å². The molecule has 1 fully saturated rings. The Bertz CT molecular complexity index is 2880. The van der Waals surface area contributed by atoms with E-state index in [2.05, 4.69) is 71.1 Å². The van der Waals surface area contributed by atoms with E-state index in [0.29, 0.717) is 17.5 Å². The Morgan fingerprint density at radius 3 is 1.64 bits per heavy atom. The Morgan fingerprint density at radius 1 is 0.611 bits per heavy atom. The summed E-state index contributed by atoms with van der Waals surface area (Å²) < 4.78 is 0. The number of nitrogens with two attached hydrogens (primary N) is 3. The number of hydrogen-bond donors (Lipinski definition) is 19. The highest BCUT2D eigenvalue weighted by molar-refractivity contribution is 7.80. The van der Waals surface area contributed by atoms with Crippen LogP contribution < -0.4 is 75.7 Å². The molecule has 496 valence electrons. The highest BCUT2D eigenvalue weighted by atomic mass is 32.1. The number of rotatable bonds is 36. The fourth-order valence-corrected chi connectivity index (χ4v) is 9.54. The van der Waals surface area contributed by atoms with E-state index in [1.807, 2.05) is 13.8 Å². The van der Waals surface area contributed by atoms with Gasteiger partial charge in [0.15, 0.2) is 5.96 Å². The third-order valence-electron chi connectivity index (χ3n) is 14.0. The van der Waals surface area contributed by atoms with E-state index >= 15 is 0 Å². The number of phenols is 2. The third kappa shape index (κ3) is 25.4. The average molecular weight is 1280 g/mol. The van der Waals surface area contributed by atoms with Gasteiger partial charge >= 0.3 is 0 Å². The Kier molecular flexibility index (Phi) is 30.7. The highest BCUT2D eigenvalue weighted by Gasteiger charge is 2.40. The lowest BCUT2D eigenvalue weighted by Crippen LogP contribution is -2.61. The lowest BCUT2D eigenvalue weighted by molar-refractivity contribution is -0.143. The molecule has 0 spiro atoms. The number of aliphatic hydroxyl groups is 1. The molecule has 1 heterocycles. The number of aromatic hydroxyl groups is 2. The minimum atomic E-state index is -1.77. The highest BCUT2D eigenvalue weighted by Crippen LogP contribution is 2.20. The van der Waals surface area contributed by atoms with Crippen molar-refractivity contribution in [3.8, 4) is 11.5 Å². The summed E-state index contributed by atoms with van der Waals surface area (Å²) in [7, 11) is 0. The fraction of sp³-hybridized carbons (Fsp3) is 0.544. The van der Waals surface area contributed by atoms with Gasteiger partial charge in [-0.1, -0.05) is 52.0 Å². The van der Waals surface area contributed by atoms with Crippen molar-refractivity contribution < 1.29 is 77.6 Å². The fourth-order valence-electron chi connectivity index (χ4n) is 9.28. The minimum absolute atomic E-state index is 0.0129. The second-order valence-corrected chi connectivity index (χ2v) is 22.7.